The van der Waals surface area contributed by atoms with E-state index in [-0.39, 0.29) is 29.1 Å². The summed E-state index contributed by atoms with van der Waals surface area (Å²) < 4.78 is 31.4. The van der Waals surface area contributed by atoms with Crippen molar-refractivity contribution in [2.24, 2.45) is 0 Å². The molecular formula is C16H22ClN3O6S. The summed E-state index contributed by atoms with van der Waals surface area (Å²) >= 11 is 5.99. The van der Waals surface area contributed by atoms with Gasteiger partial charge < -0.3 is 20.0 Å². The summed E-state index contributed by atoms with van der Waals surface area (Å²) in [5, 5.41) is 3.18. The molecule has 0 unspecified atom stereocenters. The van der Waals surface area contributed by atoms with Crippen LogP contribution in [0.3, 0.4) is 0 Å². The first-order valence-electron chi connectivity index (χ1n) is 8.17. The Labute approximate surface area is 162 Å². The second-order valence-electron chi connectivity index (χ2n) is 6.26. The third-order valence-corrected chi connectivity index (χ3v) is 4.90. The summed E-state index contributed by atoms with van der Waals surface area (Å²) in [6, 6.07) is 2.86. The Morgan fingerprint density at radius 2 is 1.96 bits per heavy atom. The van der Waals surface area contributed by atoms with E-state index in [9.17, 15) is 18.0 Å². The second-order valence-corrected chi connectivity index (χ2v) is 8.24. The Bertz CT molecular complexity index is 822. The molecule has 1 fully saturated rings. The number of piperidine rings is 1. The number of halogens is 1. The number of anilines is 1. The van der Waals surface area contributed by atoms with E-state index in [0.29, 0.717) is 37.4 Å². The maximum atomic E-state index is 12.5. The van der Waals surface area contributed by atoms with E-state index in [0.717, 1.165) is 6.26 Å². The van der Waals surface area contributed by atoms with Gasteiger partial charge >= 0.3 is 16.1 Å². The molecule has 3 N–H and O–H groups in total. The average Bonchev–Trinajstić information content (AvgIpc) is 2.56. The molecule has 1 aliphatic rings. The minimum absolute atomic E-state index is 0.0966. The fourth-order valence-electron chi connectivity index (χ4n) is 2.79. The van der Waals surface area contributed by atoms with Crippen molar-refractivity contribution < 1.29 is 26.9 Å². The van der Waals surface area contributed by atoms with Crippen LogP contribution < -0.4 is 15.8 Å². The Hall–Kier alpha value is -2.04. The molecule has 1 aliphatic heterocycles. The van der Waals surface area contributed by atoms with Crippen molar-refractivity contribution in [2.75, 3.05) is 38.7 Å². The zero-order valence-corrected chi connectivity index (χ0v) is 16.6. The standard InChI is InChI=1S/C16H22ClN3O6S/c1-25-14-8-13(18)12(17)7-11(14)16(22)19-10-3-5-20(6-4-10)9-15(21)26-27(2,23)24/h7-8,10H,3-6,9,18H2,1-2H3,(H,19,22). The normalized spacial score (nSPS) is 16.0. The highest BCUT2D eigenvalue weighted by atomic mass is 35.5. The SMILES string of the molecule is COc1cc(N)c(Cl)cc1C(=O)NC1CCN(CC(=O)OS(C)(=O)=O)CC1. The molecule has 1 aromatic rings. The van der Waals surface area contributed by atoms with Gasteiger partial charge in [0.1, 0.15) is 5.75 Å². The lowest BCUT2D eigenvalue weighted by Crippen LogP contribution is -2.46. The molecule has 27 heavy (non-hydrogen) atoms. The predicted molar refractivity (Wildman–Crippen MR) is 100 cm³/mol. The molecule has 0 aliphatic carbocycles. The molecule has 150 valence electrons. The van der Waals surface area contributed by atoms with Gasteiger partial charge in [-0.1, -0.05) is 11.6 Å². The molecule has 1 saturated heterocycles. The molecule has 0 aromatic heterocycles. The molecule has 0 spiro atoms. The van der Waals surface area contributed by atoms with Gasteiger partial charge in [-0.2, -0.15) is 8.42 Å². The van der Waals surface area contributed by atoms with Crippen LogP contribution in [0.4, 0.5) is 5.69 Å². The van der Waals surface area contributed by atoms with Gasteiger partial charge in [-0.3, -0.25) is 9.69 Å². The molecule has 0 saturated carbocycles. The number of amides is 1. The number of nitrogens with one attached hydrogen (secondary N) is 1. The van der Waals surface area contributed by atoms with Crippen LogP contribution in [0, 0.1) is 0 Å². The molecule has 11 heteroatoms. The quantitative estimate of drug-likeness (QED) is 0.507. The number of rotatable bonds is 6. The van der Waals surface area contributed by atoms with Crippen molar-refractivity contribution >= 4 is 39.3 Å². The number of methoxy groups -OCH3 is 1. The Kier molecular flexibility index (Phi) is 6.90. The molecule has 9 nitrogen and oxygen atoms in total. The topological polar surface area (TPSA) is 128 Å². The van der Waals surface area contributed by atoms with Gasteiger partial charge in [0.2, 0.25) is 0 Å². The first-order chi connectivity index (χ1) is 12.6. The van der Waals surface area contributed by atoms with Gasteiger partial charge in [0.25, 0.3) is 5.91 Å². The summed E-state index contributed by atoms with van der Waals surface area (Å²) in [5.74, 6) is -0.819. The molecule has 1 heterocycles. The largest absolute Gasteiger partial charge is 0.496 e. The highest BCUT2D eigenvalue weighted by Gasteiger charge is 2.25. The molecule has 0 radical (unpaired) electrons. The van der Waals surface area contributed by atoms with Crippen LogP contribution in [-0.4, -0.2) is 64.2 Å². The van der Waals surface area contributed by atoms with Gasteiger partial charge in [-0.05, 0) is 18.9 Å². The highest BCUT2D eigenvalue weighted by Crippen LogP contribution is 2.29. The number of nitrogens with zero attached hydrogens (tertiary/aromatic N) is 1. The molecule has 0 bridgehead atoms. The number of ether oxygens (including phenoxy) is 1. The first-order valence-corrected chi connectivity index (χ1v) is 10.4. The van der Waals surface area contributed by atoms with Crippen LogP contribution in [-0.2, 0) is 19.1 Å². The van der Waals surface area contributed by atoms with Crippen LogP contribution >= 0.6 is 11.6 Å². The van der Waals surface area contributed by atoms with Crippen molar-refractivity contribution in [1.29, 1.82) is 0 Å². The minimum Gasteiger partial charge on any atom is -0.496 e. The predicted octanol–water partition coefficient (Wildman–Crippen LogP) is 0.628. The Morgan fingerprint density at radius 1 is 1.33 bits per heavy atom. The molecule has 1 aromatic carbocycles. The maximum Gasteiger partial charge on any atom is 0.336 e. The Balaban J connectivity index is 1.90. The van der Waals surface area contributed by atoms with Crippen LogP contribution in [0.25, 0.3) is 0 Å². The number of nitrogens with two attached hydrogens (primary N) is 1. The van der Waals surface area contributed by atoms with Crippen LogP contribution in [0.15, 0.2) is 12.1 Å². The van der Waals surface area contributed by atoms with Gasteiger partial charge in [-0.15, -0.1) is 0 Å². The average molecular weight is 420 g/mol. The van der Waals surface area contributed by atoms with E-state index in [1.54, 1.807) is 4.90 Å². The van der Waals surface area contributed by atoms with E-state index in [4.69, 9.17) is 22.1 Å². The number of hydrogen-bond acceptors (Lipinski definition) is 8. The summed E-state index contributed by atoms with van der Waals surface area (Å²) in [7, 11) is -2.37. The molecule has 2 rings (SSSR count). The zero-order chi connectivity index (χ0) is 20.2. The zero-order valence-electron chi connectivity index (χ0n) is 15.0. The van der Waals surface area contributed by atoms with Crippen molar-refractivity contribution in [1.82, 2.24) is 10.2 Å². The van der Waals surface area contributed by atoms with Crippen molar-refractivity contribution in [3.8, 4) is 5.75 Å². The van der Waals surface area contributed by atoms with E-state index < -0.39 is 16.1 Å². The third-order valence-electron chi connectivity index (χ3n) is 4.08. The number of carbonyl (C=O) groups excluding carboxylic acids is 2. The summed E-state index contributed by atoms with van der Waals surface area (Å²) in [4.78, 5) is 25.9. The number of benzene rings is 1. The summed E-state index contributed by atoms with van der Waals surface area (Å²) in [6.45, 7) is 0.919. The fraction of sp³-hybridized carbons (Fsp3) is 0.500. The first kappa shape index (κ1) is 21.3. The smallest absolute Gasteiger partial charge is 0.336 e. The minimum atomic E-state index is -3.81. The lowest BCUT2D eigenvalue weighted by Gasteiger charge is -2.31. The van der Waals surface area contributed by atoms with Gasteiger partial charge in [0.15, 0.2) is 0 Å². The van der Waals surface area contributed by atoms with Gasteiger partial charge in [0.05, 0.1) is 36.2 Å². The molecule has 0 atom stereocenters. The summed E-state index contributed by atoms with van der Waals surface area (Å²) in [5.41, 5.74) is 6.32. The van der Waals surface area contributed by atoms with Crippen LogP contribution in [0.1, 0.15) is 23.2 Å². The number of likely N-dealkylation sites (tertiary alicyclic amines) is 1. The van der Waals surface area contributed by atoms with E-state index in [2.05, 4.69) is 9.50 Å². The van der Waals surface area contributed by atoms with Crippen molar-refractivity contribution in [3.63, 3.8) is 0 Å². The Morgan fingerprint density at radius 3 is 2.52 bits per heavy atom. The lowest BCUT2D eigenvalue weighted by molar-refractivity contribution is -0.135. The summed E-state index contributed by atoms with van der Waals surface area (Å²) in [6.07, 6.45) is 2.02. The second kappa shape index (κ2) is 8.77. The van der Waals surface area contributed by atoms with Gasteiger partial charge in [-0.25, -0.2) is 4.79 Å². The van der Waals surface area contributed by atoms with E-state index in [1.807, 2.05) is 0 Å². The van der Waals surface area contributed by atoms with Crippen LogP contribution in [0.2, 0.25) is 5.02 Å². The maximum absolute atomic E-state index is 12.5. The van der Waals surface area contributed by atoms with E-state index in [1.165, 1.54) is 19.2 Å². The number of nitrogen functional groups attached to an aromatic ring is 1. The highest BCUT2D eigenvalue weighted by molar-refractivity contribution is 7.86. The monoisotopic (exact) mass is 419 g/mol. The van der Waals surface area contributed by atoms with Crippen molar-refractivity contribution in [3.05, 3.63) is 22.7 Å². The van der Waals surface area contributed by atoms with Crippen molar-refractivity contribution in [2.45, 2.75) is 18.9 Å². The molecular weight excluding hydrogens is 398 g/mol. The number of carbonyl (C=O) groups is 2. The van der Waals surface area contributed by atoms with Gasteiger partial charge in [0, 0.05) is 25.2 Å². The van der Waals surface area contributed by atoms with Crippen LogP contribution in [0.5, 0.6) is 5.75 Å². The van der Waals surface area contributed by atoms with E-state index >= 15 is 0 Å². The molecule has 1 amide bonds. The number of hydrogen-bond donors (Lipinski definition) is 2. The lowest BCUT2D eigenvalue weighted by atomic mass is 10.0. The third kappa shape index (κ3) is 6.26. The fourth-order valence-corrected chi connectivity index (χ4v) is 3.35.